The lowest BCUT2D eigenvalue weighted by Gasteiger charge is -2.04. The molecule has 0 atom stereocenters. The van der Waals surface area contributed by atoms with Crippen LogP contribution >= 0.6 is 0 Å². The van der Waals surface area contributed by atoms with Crippen molar-refractivity contribution < 1.29 is 4.79 Å². The number of nitrogens with zero attached hydrogens (tertiary/aromatic N) is 4. The standard InChI is InChI=1S/C12H10N6O2/c19-10-3-5-14-12(16-10)17-11(20)7-18-9-2-1-4-13-8(9)6-15-18/h1-6H,7H2,(H2,14,16,17,19,20). The van der Waals surface area contributed by atoms with E-state index in [1.165, 1.54) is 16.9 Å². The Kier molecular flexibility index (Phi) is 2.96. The minimum Gasteiger partial charge on any atom is -0.294 e. The van der Waals surface area contributed by atoms with Gasteiger partial charge < -0.3 is 0 Å². The fourth-order valence-electron chi connectivity index (χ4n) is 1.78. The number of anilines is 1. The second-order valence-electron chi connectivity index (χ2n) is 4.04. The fourth-order valence-corrected chi connectivity index (χ4v) is 1.78. The van der Waals surface area contributed by atoms with E-state index in [1.807, 2.05) is 6.07 Å². The van der Waals surface area contributed by atoms with Gasteiger partial charge in [0.15, 0.2) is 0 Å². The van der Waals surface area contributed by atoms with Crippen LogP contribution in [0.25, 0.3) is 11.0 Å². The Bertz CT molecular complexity index is 822. The lowest BCUT2D eigenvalue weighted by atomic mass is 10.4. The molecule has 0 unspecified atom stereocenters. The number of nitrogens with one attached hydrogen (secondary N) is 2. The van der Waals surface area contributed by atoms with Crippen LogP contribution < -0.4 is 10.9 Å². The molecule has 3 aromatic heterocycles. The highest BCUT2D eigenvalue weighted by Gasteiger charge is 2.09. The maximum atomic E-state index is 11.9. The van der Waals surface area contributed by atoms with Gasteiger partial charge in [0.2, 0.25) is 11.9 Å². The summed E-state index contributed by atoms with van der Waals surface area (Å²) in [5.74, 6) is -0.231. The third-order valence-corrected chi connectivity index (χ3v) is 2.64. The van der Waals surface area contributed by atoms with Gasteiger partial charge in [0.1, 0.15) is 12.1 Å². The molecule has 0 radical (unpaired) electrons. The van der Waals surface area contributed by atoms with Crippen molar-refractivity contribution in [3.63, 3.8) is 0 Å². The third kappa shape index (κ3) is 2.39. The van der Waals surface area contributed by atoms with Gasteiger partial charge in [-0.3, -0.25) is 29.6 Å². The van der Waals surface area contributed by atoms with Gasteiger partial charge in [-0.05, 0) is 12.1 Å². The number of H-pyrrole nitrogens is 1. The molecule has 8 heteroatoms. The summed E-state index contributed by atoms with van der Waals surface area (Å²) in [4.78, 5) is 33.4. The van der Waals surface area contributed by atoms with Crippen LogP contribution in [0.4, 0.5) is 5.95 Å². The average molecular weight is 270 g/mol. The summed E-state index contributed by atoms with van der Waals surface area (Å²) < 4.78 is 1.53. The Morgan fingerprint density at radius 1 is 1.30 bits per heavy atom. The summed E-state index contributed by atoms with van der Waals surface area (Å²) in [6.45, 7) is 0.00774. The highest BCUT2D eigenvalue weighted by atomic mass is 16.2. The van der Waals surface area contributed by atoms with E-state index in [-0.39, 0.29) is 24.0 Å². The van der Waals surface area contributed by atoms with Crippen molar-refractivity contribution in [2.24, 2.45) is 0 Å². The Morgan fingerprint density at radius 3 is 3.05 bits per heavy atom. The van der Waals surface area contributed by atoms with E-state index in [4.69, 9.17) is 0 Å². The van der Waals surface area contributed by atoms with E-state index in [2.05, 4.69) is 25.4 Å². The Hall–Kier alpha value is -3.03. The van der Waals surface area contributed by atoms with Crippen LogP contribution in [0.1, 0.15) is 0 Å². The molecule has 1 amide bonds. The topological polar surface area (TPSA) is 106 Å². The smallest absolute Gasteiger partial charge is 0.252 e. The van der Waals surface area contributed by atoms with E-state index < -0.39 is 0 Å². The number of hydrogen-bond donors (Lipinski definition) is 2. The molecule has 3 rings (SSSR count). The van der Waals surface area contributed by atoms with Gasteiger partial charge in [-0.25, -0.2) is 4.98 Å². The minimum atomic E-state index is -0.340. The summed E-state index contributed by atoms with van der Waals surface area (Å²) in [5, 5.41) is 6.59. The average Bonchev–Trinajstić information content (AvgIpc) is 2.82. The first kappa shape index (κ1) is 12.0. The van der Waals surface area contributed by atoms with E-state index in [0.717, 1.165) is 5.52 Å². The second-order valence-corrected chi connectivity index (χ2v) is 4.04. The Labute approximate surface area is 112 Å². The summed E-state index contributed by atoms with van der Waals surface area (Å²) in [5.41, 5.74) is 1.15. The molecule has 0 fully saturated rings. The van der Waals surface area contributed by atoms with Crippen molar-refractivity contribution >= 4 is 22.9 Å². The number of fused-ring (bicyclic) bond motifs is 1. The zero-order valence-electron chi connectivity index (χ0n) is 10.3. The van der Waals surface area contributed by atoms with Crippen LogP contribution in [0.15, 0.2) is 41.6 Å². The second kappa shape index (κ2) is 4.92. The van der Waals surface area contributed by atoms with Crippen molar-refractivity contribution in [1.82, 2.24) is 24.7 Å². The molecule has 8 nitrogen and oxygen atoms in total. The Balaban J connectivity index is 1.78. The Morgan fingerprint density at radius 2 is 2.20 bits per heavy atom. The highest BCUT2D eigenvalue weighted by Crippen LogP contribution is 2.09. The summed E-state index contributed by atoms with van der Waals surface area (Å²) >= 11 is 0. The van der Waals surface area contributed by atoms with Gasteiger partial charge in [0.05, 0.1) is 11.7 Å². The predicted molar refractivity (Wildman–Crippen MR) is 71.0 cm³/mol. The number of carbonyl (C=O) groups is 1. The monoisotopic (exact) mass is 270 g/mol. The van der Waals surface area contributed by atoms with Gasteiger partial charge in [-0.15, -0.1) is 0 Å². The molecule has 3 aromatic rings. The van der Waals surface area contributed by atoms with Crippen LogP contribution in [0.3, 0.4) is 0 Å². The first-order valence-corrected chi connectivity index (χ1v) is 5.84. The first-order valence-electron chi connectivity index (χ1n) is 5.84. The zero-order chi connectivity index (χ0) is 13.9. The number of aromatic nitrogens is 5. The SMILES string of the molecule is O=C(Cn1ncc2ncccc21)Nc1nccc(=O)[nH]1. The number of aromatic amines is 1. The van der Waals surface area contributed by atoms with Crippen LogP contribution in [-0.2, 0) is 11.3 Å². The van der Waals surface area contributed by atoms with E-state index >= 15 is 0 Å². The number of pyridine rings is 1. The van der Waals surface area contributed by atoms with Crippen LogP contribution in [0.2, 0.25) is 0 Å². The van der Waals surface area contributed by atoms with Gasteiger partial charge in [-0.1, -0.05) is 0 Å². The number of hydrogen-bond acceptors (Lipinski definition) is 5. The molecule has 2 N–H and O–H groups in total. The largest absolute Gasteiger partial charge is 0.294 e. The lowest BCUT2D eigenvalue weighted by molar-refractivity contribution is -0.116. The third-order valence-electron chi connectivity index (χ3n) is 2.64. The summed E-state index contributed by atoms with van der Waals surface area (Å²) in [7, 11) is 0. The molecule has 0 saturated carbocycles. The van der Waals surface area contributed by atoms with Crippen molar-refractivity contribution in [2.75, 3.05) is 5.32 Å². The van der Waals surface area contributed by atoms with E-state index in [9.17, 15) is 9.59 Å². The molecule has 0 spiro atoms. The number of rotatable bonds is 3. The van der Waals surface area contributed by atoms with E-state index in [0.29, 0.717) is 5.52 Å². The number of amides is 1. The molecule has 3 heterocycles. The molecular formula is C12H10N6O2. The quantitative estimate of drug-likeness (QED) is 0.705. The van der Waals surface area contributed by atoms with Gasteiger partial charge in [0, 0.05) is 18.5 Å². The zero-order valence-corrected chi connectivity index (χ0v) is 10.3. The maximum Gasteiger partial charge on any atom is 0.252 e. The molecule has 0 bridgehead atoms. The molecule has 0 saturated heterocycles. The molecule has 100 valence electrons. The molecule has 20 heavy (non-hydrogen) atoms. The molecular weight excluding hydrogens is 260 g/mol. The van der Waals surface area contributed by atoms with Gasteiger partial charge in [-0.2, -0.15) is 5.10 Å². The van der Waals surface area contributed by atoms with Gasteiger partial charge in [0.25, 0.3) is 5.56 Å². The fraction of sp³-hybridized carbons (Fsp3) is 0.0833. The lowest BCUT2D eigenvalue weighted by Crippen LogP contribution is -2.22. The van der Waals surface area contributed by atoms with Crippen molar-refractivity contribution in [3.05, 3.63) is 47.1 Å². The highest BCUT2D eigenvalue weighted by molar-refractivity contribution is 5.89. The summed E-state index contributed by atoms with van der Waals surface area (Å²) in [6.07, 6.45) is 4.57. The van der Waals surface area contributed by atoms with Crippen LogP contribution in [0.5, 0.6) is 0 Å². The maximum absolute atomic E-state index is 11.9. The van der Waals surface area contributed by atoms with Gasteiger partial charge >= 0.3 is 0 Å². The minimum absolute atomic E-state index is 0.00774. The van der Waals surface area contributed by atoms with Crippen molar-refractivity contribution in [1.29, 1.82) is 0 Å². The molecule has 0 aromatic carbocycles. The molecule has 0 aliphatic carbocycles. The molecule has 0 aliphatic heterocycles. The van der Waals surface area contributed by atoms with Crippen LogP contribution in [0, 0.1) is 0 Å². The predicted octanol–water partition coefficient (Wildman–Crippen LogP) is 0.153. The number of carbonyl (C=O) groups excluding carboxylic acids is 1. The van der Waals surface area contributed by atoms with Crippen molar-refractivity contribution in [3.8, 4) is 0 Å². The van der Waals surface area contributed by atoms with Crippen LogP contribution in [-0.4, -0.2) is 30.6 Å². The van der Waals surface area contributed by atoms with E-state index in [1.54, 1.807) is 18.5 Å². The summed E-state index contributed by atoms with van der Waals surface area (Å²) in [6, 6.07) is 4.86. The first-order chi connectivity index (χ1) is 9.72. The molecule has 0 aliphatic rings. The van der Waals surface area contributed by atoms with Crippen molar-refractivity contribution in [2.45, 2.75) is 6.54 Å². The normalized spacial score (nSPS) is 10.6.